The third-order valence-corrected chi connectivity index (χ3v) is 13.4. The maximum Gasteiger partial charge on any atom is 0.407 e. The van der Waals surface area contributed by atoms with Crippen LogP contribution in [0.25, 0.3) is 10.9 Å². The first-order valence-electron chi connectivity index (χ1n) is 20.8. The normalized spacial score (nSPS) is 24.0. The van der Waals surface area contributed by atoms with Crippen molar-refractivity contribution in [1.29, 1.82) is 0 Å². The Kier molecular flexibility index (Phi) is 9.36. The van der Waals surface area contributed by atoms with Gasteiger partial charge < -0.3 is 40.0 Å². The average molecular weight is 797 g/mol. The molecule has 3 aliphatic carbocycles. The van der Waals surface area contributed by atoms with Crippen LogP contribution in [0, 0.1) is 5.92 Å². The number of H-pyrrole nitrogens is 1. The highest BCUT2D eigenvalue weighted by atomic mass is 16.5. The van der Waals surface area contributed by atoms with Crippen LogP contribution in [0.1, 0.15) is 82.1 Å². The summed E-state index contributed by atoms with van der Waals surface area (Å²) in [6.07, 6.45) is 3.53. The number of aromatic nitrogens is 1. The number of ether oxygens (including phenoxy) is 3. The first-order valence-corrected chi connectivity index (χ1v) is 20.8. The van der Waals surface area contributed by atoms with E-state index in [4.69, 9.17) is 14.2 Å². The number of phenols is 1. The number of nitrogens with zero attached hydrogens (tertiary/aromatic N) is 1. The van der Waals surface area contributed by atoms with Gasteiger partial charge in [0.2, 0.25) is 0 Å². The number of esters is 1. The molecule has 1 aromatic heterocycles. The molecule has 5 atom stereocenters. The molecule has 2 fully saturated rings. The summed E-state index contributed by atoms with van der Waals surface area (Å²) in [5, 5.41) is 30.9. The average Bonchev–Trinajstić information content (AvgIpc) is 3.89. The van der Waals surface area contributed by atoms with Gasteiger partial charge in [0.1, 0.15) is 19.3 Å². The van der Waals surface area contributed by atoms with E-state index in [9.17, 15) is 24.6 Å². The van der Waals surface area contributed by atoms with E-state index < -0.39 is 41.1 Å². The van der Waals surface area contributed by atoms with Crippen molar-refractivity contribution in [2.75, 3.05) is 19.6 Å². The molecule has 1 saturated heterocycles. The fourth-order valence-corrected chi connectivity index (χ4v) is 10.4. The molecule has 5 aromatic rings. The summed E-state index contributed by atoms with van der Waals surface area (Å²) in [5.74, 6) is 0.111. The molecule has 2 bridgehead atoms. The Labute approximate surface area is 341 Å². The van der Waals surface area contributed by atoms with E-state index in [1.807, 2.05) is 78.9 Å². The first kappa shape index (κ1) is 37.4. The number of phenolic OH excluding ortho intramolecular Hbond substituents is 1. The Morgan fingerprint density at radius 2 is 1.68 bits per heavy atom. The fourth-order valence-electron chi connectivity index (χ4n) is 10.4. The molecular formula is C47H48N4O8. The summed E-state index contributed by atoms with van der Waals surface area (Å²) in [6, 6.07) is 26.8. The molecule has 2 aliphatic heterocycles. The Morgan fingerprint density at radius 3 is 2.42 bits per heavy atom. The topological polar surface area (TPSA) is 162 Å². The van der Waals surface area contributed by atoms with Crippen LogP contribution < -0.4 is 15.4 Å². The van der Waals surface area contributed by atoms with Gasteiger partial charge in [0.25, 0.3) is 5.91 Å². The lowest BCUT2D eigenvalue weighted by Crippen LogP contribution is -2.74. The van der Waals surface area contributed by atoms with Gasteiger partial charge in [-0.25, -0.2) is 9.59 Å². The molecule has 0 radical (unpaired) electrons. The van der Waals surface area contributed by atoms with Crippen molar-refractivity contribution in [1.82, 2.24) is 20.5 Å². The Bertz CT molecular complexity index is 2430. The van der Waals surface area contributed by atoms with Crippen molar-refractivity contribution in [3.8, 4) is 11.5 Å². The summed E-state index contributed by atoms with van der Waals surface area (Å²) in [7, 11) is 0. The molecule has 12 nitrogen and oxygen atoms in total. The van der Waals surface area contributed by atoms with Gasteiger partial charge in [-0.1, -0.05) is 78.9 Å². The molecular weight excluding hydrogens is 749 g/mol. The highest BCUT2D eigenvalue weighted by Gasteiger charge is 2.73. The number of alkyl carbamates (subject to hydrolysis) is 1. The Hall–Kier alpha value is -5.85. The number of aromatic amines is 1. The highest BCUT2D eigenvalue weighted by Crippen LogP contribution is 2.69. The second-order valence-corrected chi connectivity index (χ2v) is 16.9. The number of rotatable bonds is 13. The molecule has 10 rings (SSSR count). The van der Waals surface area contributed by atoms with Crippen LogP contribution >= 0.6 is 0 Å². The largest absolute Gasteiger partial charge is 0.504 e. The third kappa shape index (κ3) is 6.40. The van der Waals surface area contributed by atoms with E-state index in [0.29, 0.717) is 48.4 Å². The summed E-state index contributed by atoms with van der Waals surface area (Å²) in [5.41, 5.74) is 4.39. The summed E-state index contributed by atoms with van der Waals surface area (Å²) in [6.45, 7) is 2.18. The van der Waals surface area contributed by atoms with E-state index in [1.165, 1.54) is 12.8 Å². The predicted octanol–water partition coefficient (Wildman–Crippen LogP) is 6.12. The van der Waals surface area contributed by atoms with Gasteiger partial charge in [-0.05, 0) is 85.4 Å². The number of hydrogen-bond acceptors (Lipinski definition) is 9. The molecule has 1 spiro atoms. The number of fused-ring (bicyclic) bond motifs is 4. The van der Waals surface area contributed by atoms with Crippen molar-refractivity contribution in [2.45, 2.75) is 87.4 Å². The van der Waals surface area contributed by atoms with Gasteiger partial charge >= 0.3 is 12.1 Å². The van der Waals surface area contributed by atoms with Crippen molar-refractivity contribution in [3.05, 3.63) is 130 Å². The van der Waals surface area contributed by atoms with Gasteiger partial charge in [0.15, 0.2) is 17.6 Å². The summed E-state index contributed by atoms with van der Waals surface area (Å²) >= 11 is 0. The van der Waals surface area contributed by atoms with E-state index in [-0.39, 0.29) is 38.0 Å². The minimum absolute atomic E-state index is 0.0415. The second-order valence-electron chi connectivity index (χ2n) is 16.9. The number of carbonyl (C=O) groups excluding carboxylic acids is 3. The second kappa shape index (κ2) is 14.8. The first-order chi connectivity index (χ1) is 28.7. The molecule has 5 N–H and O–H groups in total. The number of para-hydroxylation sites is 1. The fraction of sp³-hybridized carbons (Fsp3) is 0.383. The maximum absolute atomic E-state index is 14.3. The van der Waals surface area contributed by atoms with Crippen LogP contribution in [0.2, 0.25) is 0 Å². The lowest BCUT2D eigenvalue weighted by Gasteiger charge is -2.62. The molecule has 304 valence electrons. The zero-order valence-electron chi connectivity index (χ0n) is 32.7. The van der Waals surface area contributed by atoms with Crippen molar-refractivity contribution < 1.29 is 38.8 Å². The molecule has 3 heterocycles. The zero-order chi connectivity index (χ0) is 40.3. The van der Waals surface area contributed by atoms with E-state index >= 15 is 0 Å². The maximum atomic E-state index is 14.3. The van der Waals surface area contributed by atoms with Crippen LogP contribution in [0.4, 0.5) is 4.79 Å². The van der Waals surface area contributed by atoms with Crippen LogP contribution in [0.3, 0.4) is 0 Å². The number of likely N-dealkylation sites (tertiary alicyclic amines) is 1. The van der Waals surface area contributed by atoms with Crippen molar-refractivity contribution in [3.63, 3.8) is 0 Å². The number of amides is 2. The Morgan fingerprint density at radius 1 is 0.932 bits per heavy atom. The molecule has 59 heavy (non-hydrogen) atoms. The van der Waals surface area contributed by atoms with Crippen LogP contribution in [0.15, 0.2) is 91.0 Å². The van der Waals surface area contributed by atoms with E-state index in [0.717, 1.165) is 52.0 Å². The zero-order valence-corrected chi connectivity index (χ0v) is 32.7. The van der Waals surface area contributed by atoms with Crippen LogP contribution in [-0.2, 0) is 45.7 Å². The minimum Gasteiger partial charge on any atom is -0.504 e. The molecule has 5 aliphatic rings. The summed E-state index contributed by atoms with van der Waals surface area (Å²) in [4.78, 5) is 46.5. The number of aromatic hydroxyl groups is 1. The monoisotopic (exact) mass is 796 g/mol. The number of hydrogen-bond donors (Lipinski definition) is 5. The van der Waals surface area contributed by atoms with Crippen molar-refractivity contribution in [2.24, 2.45) is 5.92 Å². The number of benzene rings is 4. The minimum atomic E-state index is -1.17. The van der Waals surface area contributed by atoms with E-state index in [1.54, 1.807) is 12.1 Å². The van der Waals surface area contributed by atoms with Gasteiger partial charge in [-0.2, -0.15) is 0 Å². The van der Waals surface area contributed by atoms with Gasteiger partial charge in [0.05, 0.1) is 27.8 Å². The van der Waals surface area contributed by atoms with Gasteiger partial charge in [0, 0.05) is 36.5 Å². The number of carbonyl (C=O) groups is 3. The number of nitrogens with one attached hydrogen (secondary N) is 3. The smallest absolute Gasteiger partial charge is 0.407 e. The lowest BCUT2D eigenvalue weighted by atomic mass is 9.49. The third-order valence-electron chi connectivity index (χ3n) is 13.4. The van der Waals surface area contributed by atoms with E-state index in [2.05, 4.69) is 20.5 Å². The molecule has 2 amide bonds. The van der Waals surface area contributed by atoms with Crippen LogP contribution in [-0.4, -0.2) is 75.4 Å². The van der Waals surface area contributed by atoms with Gasteiger partial charge in [-0.15, -0.1) is 0 Å². The predicted molar refractivity (Wildman–Crippen MR) is 218 cm³/mol. The van der Waals surface area contributed by atoms with Crippen LogP contribution in [0.5, 0.6) is 11.5 Å². The molecule has 0 unspecified atom stereocenters. The number of aliphatic hydroxyl groups is 1. The number of piperidine rings is 1. The highest BCUT2D eigenvalue weighted by molar-refractivity contribution is 6.08. The van der Waals surface area contributed by atoms with Crippen molar-refractivity contribution >= 4 is 28.9 Å². The molecule has 4 aromatic carbocycles. The van der Waals surface area contributed by atoms with Gasteiger partial charge in [-0.3, -0.25) is 9.69 Å². The SMILES string of the molecule is O=C(NCCC[C@H](NC(=O)c1cccc2c3c([nH]c12)[C@@H]1Oc2c(O)ccc4c2[C@@]12CCN(CC1CC1)[C@@H](C4)[C@]2(O)C3)C(=O)OCc1ccccc1)OCc1ccccc1. The summed E-state index contributed by atoms with van der Waals surface area (Å²) < 4.78 is 17.8. The standard InChI is InChI=1S/C47H48N4O8/c52-36-19-18-31-23-37-47(56)24-34-32-13-7-14-33(39(32)50-40(34)42-46(47,38(31)41(36)59-42)20-22-51(37)25-28-16-17-28)43(53)49-35(44(54)57-26-29-9-3-1-4-10-29)15-8-21-48-45(55)58-27-30-11-5-2-6-12-30/h1-7,9-14,18-19,28,35,37,42,50,52,56H,8,15-17,20-27H2,(H,48,55)(H,49,53)/t35-,37-,42-,46-,47+/m0/s1. The quantitative estimate of drug-likeness (QED) is 0.0698. The molecule has 1 saturated carbocycles. The Balaban J connectivity index is 0.917. The lowest BCUT2D eigenvalue weighted by molar-refractivity contribution is -0.173. The molecule has 12 heteroatoms.